The quantitative estimate of drug-likeness (QED) is 0.322. The topological polar surface area (TPSA) is 77.8 Å². The van der Waals surface area contributed by atoms with E-state index in [2.05, 4.69) is 0 Å². The number of rotatable bonds is 0. The SMILES string of the molecule is F.O=P(O)(O)O.[Fe].[MgH2]. The summed E-state index contributed by atoms with van der Waals surface area (Å²) >= 11 is 0. The van der Waals surface area contributed by atoms with Gasteiger partial charge in [-0.25, -0.2) is 4.57 Å². The molecule has 0 atom stereocenters. The standard InChI is InChI=1S/FH.Fe.Mg.H3O4P.2H/c;;;1-5(2,3)4;;/h1H;;;(H3,1,2,3,4);;. The van der Waals surface area contributed by atoms with E-state index in [0.29, 0.717) is 0 Å². The van der Waals surface area contributed by atoms with Gasteiger partial charge in [0.15, 0.2) is 0 Å². The van der Waals surface area contributed by atoms with Gasteiger partial charge in [-0.1, -0.05) is 0 Å². The van der Waals surface area contributed by atoms with Crippen molar-refractivity contribution in [1.29, 1.82) is 0 Å². The van der Waals surface area contributed by atoms with Crippen LogP contribution in [-0.4, -0.2) is 37.7 Å². The predicted octanol–water partition coefficient (Wildman–Crippen LogP) is -1.69. The van der Waals surface area contributed by atoms with Crippen molar-refractivity contribution in [3.63, 3.8) is 0 Å². The molecule has 0 aliphatic carbocycles. The Morgan fingerprint density at radius 2 is 1.12 bits per heavy atom. The summed E-state index contributed by atoms with van der Waals surface area (Å²) < 4.78 is 8.88. The van der Waals surface area contributed by atoms with Crippen LogP contribution in [0.1, 0.15) is 0 Å². The molecule has 0 saturated heterocycles. The molecule has 3 N–H and O–H groups in total. The molecule has 0 amide bonds. The minimum atomic E-state index is -4.64. The summed E-state index contributed by atoms with van der Waals surface area (Å²) in [5, 5.41) is 0. The van der Waals surface area contributed by atoms with Crippen molar-refractivity contribution in [1.82, 2.24) is 0 Å². The minimum Gasteiger partial charge on any atom is -0.303 e. The fourth-order valence-electron chi connectivity index (χ4n) is 0. The van der Waals surface area contributed by atoms with E-state index in [1.165, 1.54) is 0 Å². The van der Waals surface area contributed by atoms with Crippen LogP contribution >= 0.6 is 7.82 Å². The molecule has 8 heavy (non-hydrogen) atoms. The van der Waals surface area contributed by atoms with Gasteiger partial charge in [0.25, 0.3) is 0 Å². The fourth-order valence-corrected chi connectivity index (χ4v) is 0. The summed E-state index contributed by atoms with van der Waals surface area (Å²) in [5.41, 5.74) is 0. The molecule has 0 radical (unpaired) electrons. The second-order valence-electron chi connectivity index (χ2n) is 0.513. The van der Waals surface area contributed by atoms with Crippen molar-refractivity contribution in [3.8, 4) is 0 Å². The molecule has 0 aromatic heterocycles. The summed E-state index contributed by atoms with van der Waals surface area (Å²) in [6.07, 6.45) is 0. The first-order chi connectivity index (χ1) is 2.00. The van der Waals surface area contributed by atoms with Gasteiger partial charge in [-0.2, -0.15) is 0 Å². The average Bonchev–Trinajstić information content (AvgIpc) is 0.722. The Morgan fingerprint density at radius 3 is 1.12 bits per heavy atom. The summed E-state index contributed by atoms with van der Waals surface area (Å²) in [5.74, 6) is 0. The van der Waals surface area contributed by atoms with Crippen molar-refractivity contribution >= 4 is 30.9 Å². The smallest absolute Gasteiger partial charge is 0.303 e. The maximum Gasteiger partial charge on any atom is 0.466 e. The first kappa shape index (κ1) is 22.8. The Kier molecular flexibility index (Phi) is 23.7. The Hall–Kier alpha value is 1.33. The number of phosphoric acid groups is 1. The van der Waals surface area contributed by atoms with E-state index in [1.807, 2.05) is 0 Å². The van der Waals surface area contributed by atoms with Crippen LogP contribution < -0.4 is 0 Å². The normalized spacial score (nSPS) is 7.38. The third kappa shape index (κ3) is 167. The van der Waals surface area contributed by atoms with Gasteiger partial charge in [-0.05, 0) is 0 Å². The van der Waals surface area contributed by atoms with Gasteiger partial charge in [-0.3, -0.25) is 4.70 Å². The Morgan fingerprint density at radius 1 is 1.12 bits per heavy atom. The monoisotopic (exact) mass is 200 g/mol. The van der Waals surface area contributed by atoms with E-state index >= 15 is 0 Å². The summed E-state index contributed by atoms with van der Waals surface area (Å²) in [4.78, 5) is 21.6. The van der Waals surface area contributed by atoms with E-state index in [9.17, 15) is 0 Å². The molecule has 0 aliphatic rings. The fraction of sp³-hybridized carbons (Fsp3) is 0. The van der Waals surface area contributed by atoms with Gasteiger partial charge in [0, 0.05) is 17.1 Å². The van der Waals surface area contributed by atoms with Crippen LogP contribution in [0, 0.1) is 0 Å². The molecule has 0 aliphatic heterocycles. The first-order valence-corrected chi connectivity index (χ1v) is 2.35. The molecule has 0 saturated carbocycles. The van der Waals surface area contributed by atoms with Crippen molar-refractivity contribution in [2.45, 2.75) is 0 Å². The molecule has 0 heterocycles. The van der Waals surface area contributed by atoms with Crippen LogP contribution in [0.25, 0.3) is 0 Å². The maximum absolute atomic E-state index is 8.88. The zero-order chi connectivity index (χ0) is 4.50. The van der Waals surface area contributed by atoms with Crippen LogP contribution in [0.4, 0.5) is 4.70 Å². The number of hydrogen-bond donors (Lipinski definition) is 3. The molecule has 0 bridgehead atoms. The molecule has 8 heteroatoms. The molecule has 0 rings (SSSR count). The summed E-state index contributed by atoms with van der Waals surface area (Å²) in [6, 6.07) is 0. The van der Waals surface area contributed by atoms with Crippen molar-refractivity contribution in [3.05, 3.63) is 0 Å². The molecule has 0 aromatic rings. The van der Waals surface area contributed by atoms with E-state index in [-0.39, 0.29) is 44.8 Å². The van der Waals surface area contributed by atoms with Gasteiger partial charge in [0.1, 0.15) is 0 Å². The molecular formula is H6FFeMgO4P. The van der Waals surface area contributed by atoms with E-state index in [1.54, 1.807) is 0 Å². The van der Waals surface area contributed by atoms with Crippen LogP contribution in [0.3, 0.4) is 0 Å². The molecule has 0 fully saturated rings. The van der Waals surface area contributed by atoms with Gasteiger partial charge in [0.2, 0.25) is 0 Å². The zero-order valence-corrected chi connectivity index (χ0v) is 4.96. The van der Waals surface area contributed by atoms with Gasteiger partial charge < -0.3 is 14.7 Å². The van der Waals surface area contributed by atoms with E-state index in [0.717, 1.165) is 0 Å². The largest absolute Gasteiger partial charge is 0.466 e. The third-order valence-corrected chi connectivity index (χ3v) is 0. The summed E-state index contributed by atoms with van der Waals surface area (Å²) in [7, 11) is -4.64. The molecule has 0 unspecified atom stereocenters. The molecular weight excluding hydrogens is 194 g/mol. The molecule has 0 spiro atoms. The molecule has 0 aromatic carbocycles. The summed E-state index contributed by atoms with van der Waals surface area (Å²) in [6.45, 7) is 0. The average molecular weight is 200 g/mol. The Labute approximate surface area is 71.9 Å². The minimum absolute atomic E-state index is 0. The van der Waals surface area contributed by atoms with Crippen molar-refractivity contribution in [2.24, 2.45) is 0 Å². The van der Waals surface area contributed by atoms with Crippen LogP contribution in [0.15, 0.2) is 0 Å². The van der Waals surface area contributed by atoms with Gasteiger partial charge in [-0.15, -0.1) is 0 Å². The van der Waals surface area contributed by atoms with Crippen molar-refractivity contribution in [2.75, 3.05) is 0 Å². The van der Waals surface area contributed by atoms with Gasteiger partial charge >= 0.3 is 30.9 Å². The Bertz CT molecular complexity index is 62.2. The zero-order valence-electron chi connectivity index (χ0n) is 2.96. The van der Waals surface area contributed by atoms with Crippen molar-refractivity contribution < 1.29 is 41.0 Å². The third-order valence-electron chi connectivity index (χ3n) is 0. The van der Waals surface area contributed by atoms with Crippen LogP contribution in [0.2, 0.25) is 0 Å². The maximum atomic E-state index is 8.88. The van der Waals surface area contributed by atoms with E-state index < -0.39 is 7.82 Å². The second kappa shape index (κ2) is 8.33. The van der Waals surface area contributed by atoms with E-state index in [4.69, 9.17) is 19.2 Å². The molecule has 52 valence electrons. The number of hydrogen-bond acceptors (Lipinski definition) is 1. The molecule has 4 nitrogen and oxygen atoms in total. The number of halogens is 1. The van der Waals surface area contributed by atoms with Gasteiger partial charge in [0.05, 0.1) is 0 Å². The Balaban J connectivity index is -0.0000000267. The predicted molar refractivity (Wildman–Crippen MR) is 25.3 cm³/mol. The second-order valence-corrected chi connectivity index (χ2v) is 1.54. The van der Waals surface area contributed by atoms with Crippen LogP contribution in [0.5, 0.6) is 0 Å². The van der Waals surface area contributed by atoms with Crippen LogP contribution in [-0.2, 0) is 21.6 Å². The first-order valence-electron chi connectivity index (χ1n) is 0.783.